The molecule has 0 atom stereocenters. The topological polar surface area (TPSA) is 56.3 Å². The summed E-state index contributed by atoms with van der Waals surface area (Å²) in [6.07, 6.45) is 1.52. The Bertz CT molecular complexity index is 1320. The second-order valence-electron chi connectivity index (χ2n) is 10.6. The van der Waals surface area contributed by atoms with Crippen molar-refractivity contribution in [1.82, 2.24) is 14.7 Å². The summed E-state index contributed by atoms with van der Waals surface area (Å²) in [6, 6.07) is 26.2. The molecule has 7 heteroatoms. The Balaban J connectivity index is 1.14. The van der Waals surface area contributed by atoms with Gasteiger partial charge in [0, 0.05) is 38.4 Å². The molecule has 2 fully saturated rings. The Kier molecular flexibility index (Phi) is 6.54. The molecule has 3 aliphatic rings. The van der Waals surface area contributed by atoms with Crippen molar-refractivity contribution in [2.75, 3.05) is 44.5 Å². The highest BCUT2D eigenvalue weighted by Crippen LogP contribution is 2.40. The van der Waals surface area contributed by atoms with Crippen LogP contribution in [0.25, 0.3) is 0 Å². The van der Waals surface area contributed by atoms with E-state index in [9.17, 15) is 9.59 Å². The Morgan fingerprint density at radius 1 is 0.842 bits per heavy atom. The standard InChI is InChI=1S/C31H34N4O3/c1-24-8-7-9-25(20-24)21-34-22-35(26-10-3-2-4-11-26)31(30(34)37)14-16-32(17-15-31)18-19-33-23-38-28-13-6-5-12-27(28)29(33)36/h2-13,20H,14-19,21-23H2,1H3. The number of carbonyl (C=O) groups is 2. The third-order valence-corrected chi connectivity index (χ3v) is 8.19. The van der Waals surface area contributed by atoms with Crippen LogP contribution in [0.5, 0.6) is 5.75 Å². The molecule has 0 radical (unpaired) electrons. The number of benzene rings is 3. The molecule has 3 heterocycles. The number of hydrogen-bond donors (Lipinski definition) is 0. The van der Waals surface area contributed by atoms with Gasteiger partial charge >= 0.3 is 0 Å². The third-order valence-electron chi connectivity index (χ3n) is 8.19. The van der Waals surface area contributed by atoms with Gasteiger partial charge in [0.25, 0.3) is 5.91 Å². The molecule has 3 aromatic carbocycles. The fourth-order valence-electron chi connectivity index (χ4n) is 6.07. The lowest BCUT2D eigenvalue weighted by atomic mass is 9.85. The van der Waals surface area contributed by atoms with Crippen LogP contribution >= 0.6 is 0 Å². The van der Waals surface area contributed by atoms with E-state index in [1.807, 2.05) is 47.4 Å². The van der Waals surface area contributed by atoms with E-state index in [1.54, 1.807) is 4.90 Å². The molecular formula is C31H34N4O3. The van der Waals surface area contributed by atoms with Gasteiger partial charge in [-0.05, 0) is 49.6 Å². The number of para-hydroxylation sites is 2. The molecule has 6 rings (SSSR count). The van der Waals surface area contributed by atoms with E-state index < -0.39 is 5.54 Å². The molecule has 2 saturated heterocycles. The van der Waals surface area contributed by atoms with Gasteiger partial charge in [-0.25, -0.2) is 0 Å². The first-order chi connectivity index (χ1) is 18.5. The average Bonchev–Trinajstić information content (AvgIpc) is 3.20. The van der Waals surface area contributed by atoms with Gasteiger partial charge in [-0.15, -0.1) is 0 Å². The second kappa shape index (κ2) is 10.1. The van der Waals surface area contributed by atoms with Crippen LogP contribution in [0.2, 0.25) is 0 Å². The predicted octanol–water partition coefficient (Wildman–Crippen LogP) is 4.13. The maximum Gasteiger partial charge on any atom is 0.260 e. The first-order valence-electron chi connectivity index (χ1n) is 13.4. The number of rotatable bonds is 6. The van der Waals surface area contributed by atoms with Crippen LogP contribution < -0.4 is 9.64 Å². The predicted molar refractivity (Wildman–Crippen MR) is 147 cm³/mol. The molecule has 0 unspecified atom stereocenters. The zero-order valence-electron chi connectivity index (χ0n) is 21.9. The van der Waals surface area contributed by atoms with Crippen molar-refractivity contribution >= 4 is 17.5 Å². The van der Waals surface area contributed by atoms with Gasteiger partial charge in [0.05, 0.1) is 12.2 Å². The number of likely N-dealkylation sites (tertiary alicyclic amines) is 1. The molecule has 0 N–H and O–H groups in total. The van der Waals surface area contributed by atoms with Crippen molar-refractivity contribution in [1.29, 1.82) is 0 Å². The van der Waals surface area contributed by atoms with Crippen molar-refractivity contribution in [3.63, 3.8) is 0 Å². The average molecular weight is 511 g/mol. The van der Waals surface area contributed by atoms with Crippen LogP contribution in [-0.4, -0.2) is 71.6 Å². The van der Waals surface area contributed by atoms with Gasteiger partial charge in [-0.2, -0.15) is 0 Å². The van der Waals surface area contributed by atoms with Crippen molar-refractivity contribution < 1.29 is 14.3 Å². The molecule has 3 aromatic rings. The number of hydrogen-bond acceptors (Lipinski definition) is 5. The Hall–Kier alpha value is -3.84. The minimum Gasteiger partial charge on any atom is -0.472 e. The van der Waals surface area contributed by atoms with Crippen LogP contribution in [0.15, 0.2) is 78.9 Å². The zero-order chi connectivity index (χ0) is 26.1. The lowest BCUT2D eigenvalue weighted by Gasteiger charge is -2.43. The van der Waals surface area contributed by atoms with E-state index >= 15 is 0 Å². The largest absolute Gasteiger partial charge is 0.472 e. The van der Waals surface area contributed by atoms with Gasteiger partial charge in [0.15, 0.2) is 6.73 Å². The van der Waals surface area contributed by atoms with Gasteiger partial charge in [-0.1, -0.05) is 60.2 Å². The van der Waals surface area contributed by atoms with Gasteiger partial charge < -0.3 is 24.3 Å². The van der Waals surface area contributed by atoms with Crippen LogP contribution in [-0.2, 0) is 11.3 Å². The van der Waals surface area contributed by atoms with E-state index in [1.165, 1.54) is 5.56 Å². The summed E-state index contributed by atoms with van der Waals surface area (Å²) in [4.78, 5) is 35.4. The molecule has 38 heavy (non-hydrogen) atoms. The Morgan fingerprint density at radius 3 is 2.39 bits per heavy atom. The highest BCUT2D eigenvalue weighted by atomic mass is 16.5. The summed E-state index contributed by atoms with van der Waals surface area (Å²) in [6.45, 7) is 6.58. The van der Waals surface area contributed by atoms with E-state index in [4.69, 9.17) is 4.74 Å². The molecule has 2 amide bonds. The highest BCUT2D eigenvalue weighted by molar-refractivity contribution is 5.97. The van der Waals surface area contributed by atoms with Gasteiger partial charge in [0.2, 0.25) is 5.91 Å². The number of fused-ring (bicyclic) bond motifs is 1. The Labute approximate surface area is 224 Å². The molecule has 196 valence electrons. The number of anilines is 1. The van der Waals surface area contributed by atoms with Crippen LogP contribution in [0.4, 0.5) is 5.69 Å². The number of amides is 2. The fraction of sp³-hybridized carbons (Fsp3) is 0.355. The normalized spacial score (nSPS) is 19.1. The molecule has 1 spiro atoms. The van der Waals surface area contributed by atoms with E-state index in [-0.39, 0.29) is 18.5 Å². The minimum atomic E-state index is -0.537. The van der Waals surface area contributed by atoms with Gasteiger partial charge in [-0.3, -0.25) is 9.59 Å². The van der Waals surface area contributed by atoms with Crippen molar-refractivity contribution in [2.24, 2.45) is 0 Å². The SMILES string of the molecule is Cc1cccc(CN2CN(c3ccccc3)C3(CCN(CCN4COc5ccccc5C4=O)CC3)C2=O)c1. The lowest BCUT2D eigenvalue weighted by molar-refractivity contribution is -0.134. The summed E-state index contributed by atoms with van der Waals surface area (Å²) >= 11 is 0. The Morgan fingerprint density at radius 2 is 1.61 bits per heavy atom. The summed E-state index contributed by atoms with van der Waals surface area (Å²) < 4.78 is 5.80. The summed E-state index contributed by atoms with van der Waals surface area (Å²) in [5.74, 6) is 0.900. The van der Waals surface area contributed by atoms with Gasteiger partial charge in [0.1, 0.15) is 11.3 Å². The van der Waals surface area contributed by atoms with Crippen molar-refractivity contribution in [3.05, 3.63) is 95.6 Å². The number of ether oxygens (including phenoxy) is 1. The molecule has 0 bridgehead atoms. The maximum atomic E-state index is 14.0. The monoisotopic (exact) mass is 510 g/mol. The quantitative estimate of drug-likeness (QED) is 0.499. The number of aryl methyl sites for hydroxylation is 1. The number of carbonyl (C=O) groups excluding carboxylic acids is 2. The summed E-state index contributed by atoms with van der Waals surface area (Å²) in [5, 5.41) is 0. The van der Waals surface area contributed by atoms with Crippen LogP contribution in [0.1, 0.15) is 34.3 Å². The molecule has 3 aliphatic heterocycles. The molecular weight excluding hydrogens is 476 g/mol. The minimum absolute atomic E-state index is 0.0216. The van der Waals surface area contributed by atoms with Crippen LogP contribution in [0, 0.1) is 6.92 Å². The second-order valence-corrected chi connectivity index (χ2v) is 10.6. The third kappa shape index (κ3) is 4.52. The molecule has 7 nitrogen and oxygen atoms in total. The van der Waals surface area contributed by atoms with E-state index in [2.05, 4.69) is 53.1 Å². The van der Waals surface area contributed by atoms with E-state index in [0.717, 1.165) is 43.7 Å². The fourth-order valence-corrected chi connectivity index (χ4v) is 6.07. The molecule has 0 aliphatic carbocycles. The van der Waals surface area contributed by atoms with E-state index in [0.29, 0.717) is 31.1 Å². The molecule has 0 aromatic heterocycles. The lowest BCUT2D eigenvalue weighted by Crippen LogP contribution is -2.57. The first kappa shape index (κ1) is 24.5. The first-order valence-corrected chi connectivity index (χ1v) is 13.4. The maximum absolute atomic E-state index is 14.0. The van der Waals surface area contributed by atoms with Crippen LogP contribution in [0.3, 0.4) is 0 Å². The summed E-state index contributed by atoms with van der Waals surface area (Å²) in [5.41, 5.74) is 3.55. The zero-order valence-corrected chi connectivity index (χ0v) is 21.9. The van der Waals surface area contributed by atoms with Crippen molar-refractivity contribution in [2.45, 2.75) is 31.8 Å². The smallest absolute Gasteiger partial charge is 0.260 e. The highest BCUT2D eigenvalue weighted by Gasteiger charge is 2.53. The number of piperidine rings is 1. The summed E-state index contributed by atoms with van der Waals surface area (Å²) in [7, 11) is 0. The number of nitrogens with zero attached hydrogens (tertiary/aromatic N) is 4. The van der Waals surface area contributed by atoms with Crippen molar-refractivity contribution in [3.8, 4) is 5.75 Å². The molecule has 0 saturated carbocycles.